The van der Waals surface area contributed by atoms with Gasteiger partial charge in [0.2, 0.25) is 0 Å². The molecule has 0 saturated heterocycles. The summed E-state index contributed by atoms with van der Waals surface area (Å²) in [6, 6.07) is 34.9. The molecule has 0 heterocycles. The van der Waals surface area contributed by atoms with E-state index in [4.69, 9.17) is 0 Å². The highest BCUT2D eigenvalue weighted by Crippen LogP contribution is 2.37. The summed E-state index contributed by atoms with van der Waals surface area (Å²) in [6.45, 7) is 14.1. The molecule has 0 atom stereocenters. The molecule has 5 aromatic rings. The van der Waals surface area contributed by atoms with Gasteiger partial charge in [-0.15, -0.1) is 11.1 Å². The Morgan fingerprint density at radius 2 is 0.795 bits per heavy atom. The number of hydrogen-bond acceptors (Lipinski definition) is 0. The fourth-order valence-electron chi connectivity index (χ4n) is 7.57. The highest BCUT2D eigenvalue weighted by Gasteiger charge is 2.28. The Kier molecular flexibility index (Phi) is 10.4. The molecule has 0 nitrogen and oxygen atoms in total. The lowest BCUT2D eigenvalue weighted by molar-refractivity contribution is 0.975. The predicted octanol–water partition coefficient (Wildman–Crippen LogP) is 12.7. The first kappa shape index (κ1) is 32.1. The Balaban J connectivity index is 1.90. The van der Waals surface area contributed by atoms with Crippen LogP contribution in [0.15, 0.2) is 72.8 Å². The van der Waals surface area contributed by atoms with Crippen molar-refractivity contribution in [1.82, 2.24) is 0 Å². The zero-order valence-electron chi connectivity index (χ0n) is 28.0. The van der Waals surface area contributed by atoms with Crippen molar-refractivity contribution in [3.63, 3.8) is 0 Å². The van der Waals surface area contributed by atoms with E-state index in [0.29, 0.717) is 0 Å². The van der Waals surface area contributed by atoms with Gasteiger partial charge < -0.3 is 0 Å². The summed E-state index contributed by atoms with van der Waals surface area (Å²) < 4.78 is 0. The molecule has 5 rings (SSSR count). The molecule has 0 N–H and O–H groups in total. The second kappa shape index (κ2) is 14.2. The second-order valence-corrected chi connectivity index (χ2v) is 22.0. The molecule has 0 aromatic heterocycles. The van der Waals surface area contributed by atoms with Gasteiger partial charge in [-0.2, -0.15) is 0 Å². The number of hydrogen-bond donors (Lipinski definition) is 0. The summed E-state index contributed by atoms with van der Waals surface area (Å²) in [4.78, 5) is 0. The van der Waals surface area contributed by atoms with E-state index in [9.17, 15) is 0 Å². The van der Waals surface area contributed by atoms with Crippen LogP contribution in [-0.4, -0.2) is 16.1 Å². The highest BCUT2D eigenvalue weighted by molar-refractivity contribution is 6.87. The van der Waals surface area contributed by atoms with E-state index >= 15 is 0 Å². The van der Waals surface area contributed by atoms with E-state index in [1.807, 2.05) is 0 Å². The smallest absolute Gasteiger partial charge is 0.126 e. The van der Waals surface area contributed by atoms with Crippen LogP contribution >= 0.6 is 0 Å². The van der Waals surface area contributed by atoms with Gasteiger partial charge >= 0.3 is 0 Å². The average molecular weight is 611 g/mol. The van der Waals surface area contributed by atoms with E-state index in [2.05, 4.69) is 137 Å². The maximum atomic E-state index is 4.04. The number of benzene rings is 5. The topological polar surface area (TPSA) is 0 Å². The van der Waals surface area contributed by atoms with Crippen molar-refractivity contribution in [3.05, 3.63) is 83.9 Å². The predicted molar refractivity (Wildman–Crippen MR) is 203 cm³/mol. The Labute approximate surface area is 268 Å². The first-order valence-electron chi connectivity index (χ1n) is 17.3. The standard InChI is InChI=1S/C42H50Si2/c1-7-23-43(11-5,24-8-2)27-21-39-37-19-15-16-20-38(37)40(22-28-44(12-6,25-9-3)26-10-4)42-32-36-30-34-18-14-13-17-33(34)29-35(36)31-41(39)42/h13-20,29-32H,7-12,23-26H2,1-6H3. The SMILES string of the molecule is CCC[Si](C#Cc1c2ccccc2c(C#C[Si](CC)(CCC)CCC)c2cc3cc4ccccc4cc3cc12)(CC)CCC. The Hall–Kier alpha value is -3.31. The van der Waals surface area contributed by atoms with E-state index in [-0.39, 0.29) is 0 Å². The van der Waals surface area contributed by atoms with E-state index in [1.165, 1.54) is 116 Å². The first-order chi connectivity index (χ1) is 21.5. The number of rotatable bonds is 10. The maximum Gasteiger partial charge on any atom is 0.138 e. The van der Waals surface area contributed by atoms with Crippen molar-refractivity contribution < 1.29 is 0 Å². The van der Waals surface area contributed by atoms with Crippen molar-refractivity contribution in [2.24, 2.45) is 0 Å². The van der Waals surface area contributed by atoms with Crippen LogP contribution in [0.3, 0.4) is 0 Å². The summed E-state index contributed by atoms with van der Waals surface area (Å²) in [5.41, 5.74) is 10.5. The minimum atomic E-state index is -1.68. The molecule has 0 unspecified atom stereocenters. The molecular weight excluding hydrogens is 561 g/mol. The Bertz CT molecular complexity index is 1760. The lowest BCUT2D eigenvalue weighted by atomic mass is 9.90. The highest BCUT2D eigenvalue weighted by atomic mass is 28.3. The molecule has 0 amide bonds. The Morgan fingerprint density at radius 1 is 0.432 bits per heavy atom. The third-order valence-corrected chi connectivity index (χ3v) is 19.9. The fourth-order valence-corrected chi connectivity index (χ4v) is 14.9. The van der Waals surface area contributed by atoms with E-state index < -0.39 is 16.1 Å². The van der Waals surface area contributed by atoms with Gasteiger partial charge in [-0.3, -0.25) is 0 Å². The van der Waals surface area contributed by atoms with Crippen LogP contribution in [0.5, 0.6) is 0 Å². The molecule has 5 aromatic carbocycles. The molecule has 226 valence electrons. The average Bonchev–Trinajstić information content (AvgIpc) is 3.04. The van der Waals surface area contributed by atoms with Gasteiger partial charge in [0.25, 0.3) is 0 Å². The van der Waals surface area contributed by atoms with Gasteiger partial charge in [0, 0.05) is 11.1 Å². The van der Waals surface area contributed by atoms with E-state index in [0.717, 1.165) is 0 Å². The third kappa shape index (κ3) is 6.40. The molecule has 0 fully saturated rings. The monoisotopic (exact) mass is 610 g/mol. The van der Waals surface area contributed by atoms with Gasteiger partial charge in [-0.05, 0) is 104 Å². The largest absolute Gasteiger partial charge is 0.138 e. The molecule has 0 radical (unpaired) electrons. The summed E-state index contributed by atoms with van der Waals surface area (Å²) >= 11 is 0. The lowest BCUT2D eigenvalue weighted by Gasteiger charge is -2.24. The van der Waals surface area contributed by atoms with Crippen molar-refractivity contribution >= 4 is 59.2 Å². The van der Waals surface area contributed by atoms with Crippen molar-refractivity contribution in [2.45, 2.75) is 103 Å². The second-order valence-electron chi connectivity index (χ2n) is 13.0. The summed E-state index contributed by atoms with van der Waals surface area (Å²) in [5.74, 6) is 7.84. The Morgan fingerprint density at radius 3 is 1.14 bits per heavy atom. The molecular formula is C42H50Si2. The maximum absolute atomic E-state index is 4.04. The molecule has 0 spiro atoms. The third-order valence-electron chi connectivity index (χ3n) is 10.0. The minimum Gasteiger partial charge on any atom is -0.126 e. The first-order valence-corrected chi connectivity index (χ1v) is 22.6. The number of fused-ring (bicyclic) bond motifs is 4. The van der Waals surface area contributed by atoms with Gasteiger partial charge in [-0.25, -0.2) is 0 Å². The van der Waals surface area contributed by atoms with Gasteiger partial charge in [0.1, 0.15) is 16.1 Å². The molecule has 2 heteroatoms. The van der Waals surface area contributed by atoms with Gasteiger partial charge in [0.05, 0.1) is 0 Å². The van der Waals surface area contributed by atoms with Crippen LogP contribution in [0.1, 0.15) is 78.4 Å². The summed E-state index contributed by atoms with van der Waals surface area (Å²) in [5, 5.41) is 10.2. The molecule has 0 bridgehead atoms. The molecule has 0 aliphatic carbocycles. The van der Waals surface area contributed by atoms with Crippen LogP contribution in [0.2, 0.25) is 36.3 Å². The lowest BCUT2D eigenvalue weighted by Crippen LogP contribution is -2.31. The zero-order valence-corrected chi connectivity index (χ0v) is 30.0. The molecule has 0 aliphatic heterocycles. The van der Waals surface area contributed by atoms with Crippen molar-refractivity contribution in [1.29, 1.82) is 0 Å². The quantitative estimate of drug-likeness (QED) is 0.0838. The van der Waals surface area contributed by atoms with Crippen LogP contribution in [0, 0.1) is 22.9 Å². The van der Waals surface area contributed by atoms with Crippen LogP contribution in [-0.2, 0) is 0 Å². The molecule has 0 aliphatic rings. The van der Waals surface area contributed by atoms with E-state index in [1.54, 1.807) is 0 Å². The van der Waals surface area contributed by atoms with Crippen LogP contribution in [0.25, 0.3) is 43.1 Å². The molecule has 44 heavy (non-hydrogen) atoms. The van der Waals surface area contributed by atoms with Crippen LogP contribution < -0.4 is 0 Å². The van der Waals surface area contributed by atoms with Crippen molar-refractivity contribution in [3.8, 4) is 22.9 Å². The molecule has 0 saturated carbocycles. The summed E-state index contributed by atoms with van der Waals surface area (Å²) in [7, 11) is -3.35. The summed E-state index contributed by atoms with van der Waals surface area (Å²) in [6.07, 6.45) is 4.89. The minimum absolute atomic E-state index is 1.20. The van der Waals surface area contributed by atoms with Crippen molar-refractivity contribution in [2.75, 3.05) is 0 Å². The van der Waals surface area contributed by atoms with Gasteiger partial charge in [-0.1, -0.05) is 128 Å². The van der Waals surface area contributed by atoms with Gasteiger partial charge in [0.15, 0.2) is 0 Å². The zero-order chi connectivity index (χ0) is 31.2. The fraction of sp³-hybridized carbons (Fsp3) is 0.381. The normalized spacial score (nSPS) is 12.0. The van der Waals surface area contributed by atoms with Crippen LogP contribution in [0.4, 0.5) is 0 Å².